The Morgan fingerprint density at radius 2 is 1.64 bits per heavy atom. The smallest absolute Gasteiger partial charge is 0.392 e. The standard InChI is InChI=1S/C23H20F3N3O3S/c24-23(25,26)17-13-11-16(12-14-17)20-15-21(32-18-7-3-1-4-8-18)28-22(27-20)29-33(30,31)19-9-5-2-6-10-19/h1-11,15,17H,12-14H2,(H,27,28,29). The van der Waals surface area contributed by atoms with Crippen LogP contribution in [0.15, 0.2) is 77.7 Å². The number of allylic oxidation sites excluding steroid dienone is 2. The summed E-state index contributed by atoms with van der Waals surface area (Å²) in [5.74, 6) is -1.11. The molecule has 2 aromatic carbocycles. The molecule has 1 atom stereocenters. The number of hydrogen-bond acceptors (Lipinski definition) is 5. The molecule has 4 rings (SSSR count). The van der Waals surface area contributed by atoms with Gasteiger partial charge in [0.1, 0.15) is 5.75 Å². The van der Waals surface area contributed by atoms with Crippen molar-refractivity contribution in [3.05, 3.63) is 78.5 Å². The summed E-state index contributed by atoms with van der Waals surface area (Å²) in [6.07, 6.45) is -2.85. The molecule has 6 nitrogen and oxygen atoms in total. The first-order valence-corrected chi connectivity index (χ1v) is 11.6. The van der Waals surface area contributed by atoms with E-state index in [4.69, 9.17) is 4.74 Å². The van der Waals surface area contributed by atoms with Crippen molar-refractivity contribution < 1.29 is 26.3 Å². The van der Waals surface area contributed by atoms with Crippen LogP contribution in [0.2, 0.25) is 0 Å². The molecule has 33 heavy (non-hydrogen) atoms. The van der Waals surface area contributed by atoms with Gasteiger partial charge in [-0.2, -0.15) is 18.2 Å². The highest BCUT2D eigenvalue weighted by Gasteiger charge is 2.39. The van der Waals surface area contributed by atoms with Crippen molar-refractivity contribution in [2.45, 2.75) is 30.3 Å². The molecule has 0 radical (unpaired) electrons. The van der Waals surface area contributed by atoms with Crippen molar-refractivity contribution in [2.75, 3.05) is 4.72 Å². The van der Waals surface area contributed by atoms with Gasteiger partial charge in [-0.25, -0.2) is 18.1 Å². The highest BCUT2D eigenvalue weighted by Crippen LogP contribution is 2.39. The molecular formula is C23H20F3N3O3S. The third-order valence-corrected chi connectivity index (χ3v) is 6.49. The second-order valence-electron chi connectivity index (χ2n) is 7.49. The zero-order chi connectivity index (χ0) is 23.5. The Morgan fingerprint density at radius 3 is 2.24 bits per heavy atom. The Kier molecular flexibility index (Phi) is 6.37. The van der Waals surface area contributed by atoms with Gasteiger partial charge in [-0.3, -0.25) is 0 Å². The second kappa shape index (κ2) is 9.22. The van der Waals surface area contributed by atoms with Crippen LogP contribution >= 0.6 is 0 Å². The van der Waals surface area contributed by atoms with Gasteiger partial charge in [-0.1, -0.05) is 42.5 Å². The molecule has 0 spiro atoms. The quantitative estimate of drug-likeness (QED) is 0.486. The molecule has 1 heterocycles. The lowest BCUT2D eigenvalue weighted by atomic mass is 9.88. The van der Waals surface area contributed by atoms with E-state index < -0.39 is 22.1 Å². The minimum absolute atomic E-state index is 0.0226. The molecule has 0 bridgehead atoms. The maximum absolute atomic E-state index is 13.0. The van der Waals surface area contributed by atoms with Gasteiger partial charge in [-0.05, 0) is 49.1 Å². The average molecular weight is 475 g/mol. The van der Waals surface area contributed by atoms with E-state index in [1.54, 1.807) is 42.5 Å². The van der Waals surface area contributed by atoms with Crippen LogP contribution in [-0.2, 0) is 10.0 Å². The number of nitrogens with zero attached hydrogens (tertiary/aromatic N) is 2. The largest absolute Gasteiger partial charge is 0.439 e. The Balaban J connectivity index is 1.68. The molecule has 0 saturated heterocycles. The van der Waals surface area contributed by atoms with Crippen LogP contribution in [0.3, 0.4) is 0 Å². The Labute approximate surface area is 189 Å². The number of benzene rings is 2. The number of rotatable bonds is 6. The normalized spacial score (nSPS) is 16.7. The molecule has 172 valence electrons. The molecule has 0 amide bonds. The number of para-hydroxylation sites is 1. The fraction of sp³-hybridized carbons (Fsp3) is 0.217. The molecule has 0 saturated carbocycles. The predicted molar refractivity (Wildman–Crippen MR) is 117 cm³/mol. The van der Waals surface area contributed by atoms with Gasteiger partial charge in [0.2, 0.25) is 11.8 Å². The second-order valence-corrected chi connectivity index (χ2v) is 9.17. The summed E-state index contributed by atoms with van der Waals surface area (Å²) in [5.41, 5.74) is 0.887. The first-order valence-electron chi connectivity index (χ1n) is 10.2. The summed E-state index contributed by atoms with van der Waals surface area (Å²) >= 11 is 0. The maximum atomic E-state index is 13.0. The van der Waals surface area contributed by atoms with Crippen molar-refractivity contribution >= 4 is 21.5 Å². The minimum Gasteiger partial charge on any atom is -0.439 e. The fourth-order valence-electron chi connectivity index (χ4n) is 3.44. The molecule has 0 fully saturated rings. The Morgan fingerprint density at radius 1 is 0.970 bits per heavy atom. The van der Waals surface area contributed by atoms with Crippen LogP contribution in [0.1, 0.15) is 25.0 Å². The van der Waals surface area contributed by atoms with E-state index in [1.165, 1.54) is 24.3 Å². The molecule has 3 aromatic rings. The molecular weight excluding hydrogens is 455 g/mol. The van der Waals surface area contributed by atoms with E-state index in [2.05, 4.69) is 14.7 Å². The van der Waals surface area contributed by atoms with Crippen molar-refractivity contribution in [1.29, 1.82) is 0 Å². The molecule has 1 aliphatic carbocycles. The lowest BCUT2D eigenvalue weighted by molar-refractivity contribution is -0.175. The number of ether oxygens (including phenoxy) is 1. The van der Waals surface area contributed by atoms with E-state index in [-0.39, 0.29) is 36.0 Å². The van der Waals surface area contributed by atoms with Gasteiger partial charge in [0.05, 0.1) is 16.5 Å². The summed E-state index contributed by atoms with van der Waals surface area (Å²) in [4.78, 5) is 8.45. The van der Waals surface area contributed by atoms with E-state index in [1.807, 2.05) is 6.07 Å². The van der Waals surface area contributed by atoms with Crippen LogP contribution < -0.4 is 9.46 Å². The van der Waals surface area contributed by atoms with E-state index in [9.17, 15) is 21.6 Å². The number of nitrogens with one attached hydrogen (secondary N) is 1. The van der Waals surface area contributed by atoms with Crippen molar-refractivity contribution in [2.24, 2.45) is 5.92 Å². The molecule has 1 N–H and O–H groups in total. The molecule has 0 aliphatic heterocycles. The number of halogens is 3. The summed E-state index contributed by atoms with van der Waals surface area (Å²) in [5, 5.41) is 0. The molecule has 1 aromatic heterocycles. The Hall–Kier alpha value is -3.40. The number of aromatic nitrogens is 2. The third kappa shape index (κ3) is 5.70. The number of hydrogen-bond donors (Lipinski definition) is 1. The minimum atomic E-state index is -4.26. The number of alkyl halides is 3. The van der Waals surface area contributed by atoms with Crippen LogP contribution in [0, 0.1) is 5.92 Å². The first kappa shape index (κ1) is 22.8. The summed E-state index contributed by atoms with van der Waals surface area (Å²) in [7, 11) is -3.98. The van der Waals surface area contributed by atoms with Gasteiger partial charge in [0.15, 0.2) is 0 Å². The summed E-state index contributed by atoms with van der Waals surface area (Å²) in [6.45, 7) is 0. The Bertz CT molecular complexity index is 1250. The zero-order valence-corrected chi connectivity index (χ0v) is 18.1. The van der Waals surface area contributed by atoms with Gasteiger partial charge >= 0.3 is 6.18 Å². The molecule has 10 heteroatoms. The SMILES string of the molecule is O=S(=O)(Nc1nc(Oc2ccccc2)cc(C2=CCC(C(F)(F)F)CC2)n1)c1ccccc1. The summed E-state index contributed by atoms with van der Waals surface area (Å²) in [6, 6.07) is 17.9. The molecule has 1 unspecified atom stereocenters. The van der Waals surface area contributed by atoms with E-state index in [0.29, 0.717) is 17.0 Å². The van der Waals surface area contributed by atoms with Gasteiger partial charge in [0, 0.05) is 6.07 Å². The number of sulfonamides is 1. The predicted octanol–water partition coefficient (Wildman–Crippen LogP) is 5.82. The van der Waals surface area contributed by atoms with Crippen molar-refractivity contribution in [3.63, 3.8) is 0 Å². The highest BCUT2D eigenvalue weighted by molar-refractivity contribution is 7.92. The van der Waals surface area contributed by atoms with Gasteiger partial charge < -0.3 is 4.74 Å². The van der Waals surface area contributed by atoms with E-state index in [0.717, 1.165) is 0 Å². The van der Waals surface area contributed by atoms with Crippen LogP contribution in [0.5, 0.6) is 11.6 Å². The monoisotopic (exact) mass is 475 g/mol. The van der Waals surface area contributed by atoms with Crippen LogP contribution in [0.4, 0.5) is 19.1 Å². The topological polar surface area (TPSA) is 81.2 Å². The molecule has 1 aliphatic rings. The van der Waals surface area contributed by atoms with Crippen molar-refractivity contribution in [3.8, 4) is 11.6 Å². The number of anilines is 1. The lowest BCUT2D eigenvalue weighted by Crippen LogP contribution is -2.24. The van der Waals surface area contributed by atoms with E-state index >= 15 is 0 Å². The van der Waals surface area contributed by atoms with Crippen molar-refractivity contribution in [1.82, 2.24) is 9.97 Å². The van der Waals surface area contributed by atoms with Crippen LogP contribution in [-0.4, -0.2) is 24.6 Å². The first-order chi connectivity index (χ1) is 15.7. The summed E-state index contributed by atoms with van der Waals surface area (Å²) < 4.78 is 72.7. The van der Waals surface area contributed by atoms with Crippen LogP contribution in [0.25, 0.3) is 5.57 Å². The van der Waals surface area contributed by atoms with Gasteiger partial charge in [-0.15, -0.1) is 0 Å². The highest BCUT2D eigenvalue weighted by atomic mass is 32.2. The average Bonchev–Trinajstić information content (AvgIpc) is 2.79. The third-order valence-electron chi connectivity index (χ3n) is 5.15. The zero-order valence-electron chi connectivity index (χ0n) is 17.3. The lowest BCUT2D eigenvalue weighted by Gasteiger charge is -2.24. The van der Waals surface area contributed by atoms with Gasteiger partial charge in [0.25, 0.3) is 10.0 Å². The maximum Gasteiger partial charge on any atom is 0.392 e. The fourth-order valence-corrected chi connectivity index (χ4v) is 4.40.